The summed E-state index contributed by atoms with van der Waals surface area (Å²) in [5.74, 6) is 0.806. The molecule has 3 N–H and O–H groups in total. The summed E-state index contributed by atoms with van der Waals surface area (Å²) >= 11 is 0. The molecule has 0 aliphatic rings. The molecular formula is C14H23FN2O. The zero-order valence-corrected chi connectivity index (χ0v) is 11.4. The highest BCUT2D eigenvalue weighted by Crippen LogP contribution is 2.24. The number of methoxy groups -OCH3 is 1. The zero-order valence-electron chi connectivity index (χ0n) is 11.4. The van der Waals surface area contributed by atoms with Crippen LogP contribution in [-0.4, -0.2) is 19.7 Å². The molecule has 0 bridgehead atoms. The van der Waals surface area contributed by atoms with E-state index in [0.29, 0.717) is 23.9 Å². The Kier molecular flexibility index (Phi) is 5.92. The van der Waals surface area contributed by atoms with Crippen LogP contribution in [0.2, 0.25) is 0 Å². The van der Waals surface area contributed by atoms with Gasteiger partial charge in [-0.2, -0.15) is 0 Å². The van der Waals surface area contributed by atoms with Crippen molar-refractivity contribution >= 4 is 5.69 Å². The molecule has 1 rings (SSSR count). The molecule has 3 nitrogen and oxygen atoms in total. The Balaban J connectivity index is 2.86. The van der Waals surface area contributed by atoms with Crippen LogP contribution in [-0.2, 0) is 0 Å². The Bertz CT molecular complexity index is 367. The van der Waals surface area contributed by atoms with Crippen molar-refractivity contribution in [2.24, 2.45) is 11.7 Å². The summed E-state index contributed by atoms with van der Waals surface area (Å²) in [5, 5.41) is 3.19. The predicted octanol–water partition coefficient (Wildman–Crippen LogP) is 3.01. The van der Waals surface area contributed by atoms with Gasteiger partial charge in [0.25, 0.3) is 0 Å². The standard InChI is InChI=1S/C14H23FN2O/c1-4-10(5-2)14(9-16)17-13-8-11(18-3)6-7-12(13)15/h6-8,10,14,17H,4-5,9,16H2,1-3H3. The van der Waals surface area contributed by atoms with Crippen LogP contribution in [0.1, 0.15) is 26.7 Å². The molecule has 102 valence electrons. The molecular weight excluding hydrogens is 231 g/mol. The van der Waals surface area contributed by atoms with Crippen molar-refractivity contribution in [1.82, 2.24) is 0 Å². The molecule has 0 spiro atoms. The van der Waals surface area contributed by atoms with Crippen molar-refractivity contribution in [3.63, 3.8) is 0 Å². The van der Waals surface area contributed by atoms with E-state index < -0.39 is 0 Å². The minimum Gasteiger partial charge on any atom is -0.497 e. The Morgan fingerprint density at radius 2 is 2.00 bits per heavy atom. The molecule has 0 aliphatic carbocycles. The number of nitrogens with two attached hydrogens (primary N) is 1. The van der Waals surface area contributed by atoms with Crippen LogP contribution in [0.3, 0.4) is 0 Å². The van der Waals surface area contributed by atoms with Crippen molar-refractivity contribution in [1.29, 1.82) is 0 Å². The van der Waals surface area contributed by atoms with Crippen molar-refractivity contribution in [3.8, 4) is 5.75 Å². The van der Waals surface area contributed by atoms with Crippen LogP contribution in [0.4, 0.5) is 10.1 Å². The highest BCUT2D eigenvalue weighted by molar-refractivity contribution is 5.50. The molecule has 1 unspecified atom stereocenters. The van der Waals surface area contributed by atoms with Crippen LogP contribution < -0.4 is 15.8 Å². The minimum atomic E-state index is -0.278. The van der Waals surface area contributed by atoms with E-state index in [1.807, 2.05) is 0 Å². The summed E-state index contributed by atoms with van der Waals surface area (Å²) in [6, 6.07) is 4.76. The van der Waals surface area contributed by atoms with E-state index in [2.05, 4.69) is 19.2 Å². The van der Waals surface area contributed by atoms with Crippen molar-refractivity contribution in [2.45, 2.75) is 32.7 Å². The first kappa shape index (κ1) is 14.8. The minimum absolute atomic E-state index is 0.0848. The SMILES string of the molecule is CCC(CC)C(CN)Nc1cc(OC)ccc1F. The topological polar surface area (TPSA) is 47.3 Å². The molecule has 0 saturated carbocycles. The normalized spacial score (nSPS) is 12.6. The largest absolute Gasteiger partial charge is 0.497 e. The van der Waals surface area contributed by atoms with E-state index in [9.17, 15) is 4.39 Å². The number of hydrogen-bond acceptors (Lipinski definition) is 3. The van der Waals surface area contributed by atoms with Gasteiger partial charge in [-0.15, -0.1) is 0 Å². The molecule has 1 aromatic carbocycles. The Hall–Kier alpha value is -1.29. The van der Waals surface area contributed by atoms with Gasteiger partial charge in [0.1, 0.15) is 11.6 Å². The number of benzene rings is 1. The van der Waals surface area contributed by atoms with Crippen LogP contribution >= 0.6 is 0 Å². The van der Waals surface area contributed by atoms with Crippen LogP contribution in [0.15, 0.2) is 18.2 Å². The molecule has 0 radical (unpaired) electrons. The third-order valence-corrected chi connectivity index (χ3v) is 3.39. The third-order valence-electron chi connectivity index (χ3n) is 3.39. The number of hydrogen-bond donors (Lipinski definition) is 2. The molecule has 18 heavy (non-hydrogen) atoms. The number of anilines is 1. The van der Waals surface area contributed by atoms with Gasteiger partial charge in [0.15, 0.2) is 0 Å². The van der Waals surface area contributed by atoms with Crippen molar-refractivity contribution < 1.29 is 9.13 Å². The maximum Gasteiger partial charge on any atom is 0.146 e. The van der Waals surface area contributed by atoms with Crippen LogP contribution in [0, 0.1) is 11.7 Å². The van der Waals surface area contributed by atoms with Crippen molar-refractivity contribution in [2.75, 3.05) is 19.0 Å². The summed E-state index contributed by atoms with van der Waals surface area (Å²) in [6.45, 7) is 4.74. The van der Waals surface area contributed by atoms with Gasteiger partial charge in [0.2, 0.25) is 0 Å². The van der Waals surface area contributed by atoms with E-state index in [-0.39, 0.29) is 11.9 Å². The van der Waals surface area contributed by atoms with Gasteiger partial charge in [-0.25, -0.2) is 4.39 Å². The third kappa shape index (κ3) is 3.60. The van der Waals surface area contributed by atoms with Gasteiger partial charge in [-0.3, -0.25) is 0 Å². The second-order valence-corrected chi connectivity index (χ2v) is 4.41. The van der Waals surface area contributed by atoms with Crippen molar-refractivity contribution in [3.05, 3.63) is 24.0 Å². The Morgan fingerprint density at radius 3 is 2.50 bits per heavy atom. The highest BCUT2D eigenvalue weighted by Gasteiger charge is 2.18. The first-order valence-corrected chi connectivity index (χ1v) is 6.46. The van der Waals surface area contributed by atoms with Gasteiger partial charge >= 0.3 is 0 Å². The molecule has 0 fully saturated rings. The van der Waals surface area contributed by atoms with Gasteiger partial charge in [0.05, 0.1) is 12.8 Å². The first-order chi connectivity index (χ1) is 8.65. The lowest BCUT2D eigenvalue weighted by Gasteiger charge is -2.26. The monoisotopic (exact) mass is 254 g/mol. The fourth-order valence-electron chi connectivity index (χ4n) is 2.17. The summed E-state index contributed by atoms with van der Waals surface area (Å²) in [6.07, 6.45) is 2.05. The Labute approximate surface area is 109 Å². The van der Waals surface area contributed by atoms with E-state index in [0.717, 1.165) is 12.8 Å². The van der Waals surface area contributed by atoms with Gasteiger partial charge < -0.3 is 15.8 Å². The van der Waals surface area contributed by atoms with E-state index in [4.69, 9.17) is 10.5 Å². The molecule has 0 saturated heterocycles. The number of nitrogens with one attached hydrogen (secondary N) is 1. The number of rotatable bonds is 7. The molecule has 0 aliphatic heterocycles. The summed E-state index contributed by atoms with van der Waals surface area (Å²) in [4.78, 5) is 0. The average molecular weight is 254 g/mol. The molecule has 1 aromatic rings. The zero-order chi connectivity index (χ0) is 13.5. The Morgan fingerprint density at radius 1 is 1.33 bits per heavy atom. The molecule has 4 heteroatoms. The summed E-state index contributed by atoms with van der Waals surface area (Å²) < 4.78 is 18.8. The smallest absolute Gasteiger partial charge is 0.146 e. The summed E-state index contributed by atoms with van der Waals surface area (Å²) in [7, 11) is 1.57. The lowest BCUT2D eigenvalue weighted by Crippen LogP contribution is -2.36. The molecule has 0 heterocycles. The number of ether oxygens (including phenoxy) is 1. The second kappa shape index (κ2) is 7.21. The van der Waals surface area contributed by atoms with Crippen LogP contribution in [0.25, 0.3) is 0 Å². The lowest BCUT2D eigenvalue weighted by molar-refractivity contribution is 0.411. The average Bonchev–Trinajstić information content (AvgIpc) is 2.40. The van der Waals surface area contributed by atoms with Gasteiger partial charge in [-0.1, -0.05) is 26.7 Å². The molecule has 1 atom stereocenters. The molecule has 0 aromatic heterocycles. The quantitative estimate of drug-likeness (QED) is 0.786. The maximum atomic E-state index is 13.7. The fraction of sp³-hybridized carbons (Fsp3) is 0.571. The van der Waals surface area contributed by atoms with Gasteiger partial charge in [0, 0.05) is 18.7 Å². The maximum absolute atomic E-state index is 13.7. The van der Waals surface area contributed by atoms with E-state index >= 15 is 0 Å². The fourth-order valence-corrected chi connectivity index (χ4v) is 2.17. The number of halogens is 1. The van der Waals surface area contributed by atoms with Crippen LogP contribution in [0.5, 0.6) is 5.75 Å². The van der Waals surface area contributed by atoms with E-state index in [1.165, 1.54) is 6.07 Å². The highest BCUT2D eigenvalue weighted by atomic mass is 19.1. The molecule has 0 amide bonds. The van der Waals surface area contributed by atoms with Gasteiger partial charge in [-0.05, 0) is 18.1 Å². The lowest BCUT2D eigenvalue weighted by atomic mass is 9.94. The predicted molar refractivity (Wildman–Crippen MR) is 73.5 cm³/mol. The summed E-state index contributed by atoms with van der Waals surface area (Å²) in [5.41, 5.74) is 6.23. The first-order valence-electron chi connectivity index (χ1n) is 6.46. The second-order valence-electron chi connectivity index (χ2n) is 4.41. The van der Waals surface area contributed by atoms with E-state index in [1.54, 1.807) is 19.2 Å².